The number of carbonyl (C=O) groups is 1. The van der Waals surface area contributed by atoms with E-state index < -0.39 is 0 Å². The molecule has 1 aromatic heterocycles. The molecule has 4 N–H and O–H groups in total. The number of nitrogens with zero attached hydrogens (tertiary/aromatic N) is 4. The summed E-state index contributed by atoms with van der Waals surface area (Å²) in [5.41, 5.74) is 4.84. The smallest absolute Gasteiger partial charge is 0.264 e. The van der Waals surface area contributed by atoms with Gasteiger partial charge < -0.3 is 15.9 Å². The minimum Gasteiger partial charge on any atom is -0.497 e. The highest BCUT2D eigenvalue weighted by Crippen LogP contribution is 2.18. The number of anilines is 2. The maximum atomic E-state index is 12.9. The normalized spacial score (nSPS) is 11.2. The lowest BCUT2D eigenvalue weighted by atomic mass is 10.1. The predicted octanol–water partition coefficient (Wildman–Crippen LogP) is 2.71. The Morgan fingerprint density at radius 2 is 2.03 bits per heavy atom. The Kier molecular flexibility index (Phi) is 6.86. The average Bonchev–Trinajstić information content (AvgIpc) is 3.11. The summed E-state index contributed by atoms with van der Waals surface area (Å²) in [6, 6.07) is 13.0. The van der Waals surface area contributed by atoms with Gasteiger partial charge in [0.15, 0.2) is 0 Å². The Hall–Kier alpha value is -3.60. The van der Waals surface area contributed by atoms with Gasteiger partial charge in [-0.25, -0.2) is 14.5 Å². The number of thioether (sulfide) groups is 1. The largest absolute Gasteiger partial charge is 0.497 e. The van der Waals surface area contributed by atoms with Crippen molar-refractivity contribution in [3.8, 4) is 5.75 Å². The molecule has 0 saturated carbocycles. The molecule has 0 spiro atoms. The van der Waals surface area contributed by atoms with Crippen LogP contribution in [-0.2, 0) is 4.79 Å². The van der Waals surface area contributed by atoms with E-state index in [1.807, 2.05) is 31.2 Å². The van der Waals surface area contributed by atoms with Crippen molar-refractivity contribution < 1.29 is 13.9 Å². The van der Waals surface area contributed by atoms with Crippen LogP contribution in [-0.4, -0.2) is 39.4 Å². The number of hydrogen-bond donors (Lipinski definition) is 3. The van der Waals surface area contributed by atoms with E-state index in [4.69, 9.17) is 10.6 Å². The number of rotatable bonds is 8. The molecule has 156 valence electrons. The van der Waals surface area contributed by atoms with Crippen molar-refractivity contribution >= 4 is 35.0 Å². The predicted molar refractivity (Wildman–Crippen MR) is 115 cm³/mol. The zero-order valence-electron chi connectivity index (χ0n) is 16.3. The SMILES string of the molecule is COc1cccc(/C(C)=N/Nc2nnc(SCC(=O)Nc3ccc(F)cc3)n2N)c1. The number of methoxy groups -OCH3 is 1. The maximum absolute atomic E-state index is 12.9. The zero-order valence-corrected chi connectivity index (χ0v) is 17.1. The fourth-order valence-corrected chi connectivity index (χ4v) is 3.02. The molecule has 0 saturated heterocycles. The zero-order chi connectivity index (χ0) is 21.5. The van der Waals surface area contributed by atoms with Gasteiger partial charge in [-0.1, -0.05) is 23.9 Å². The summed E-state index contributed by atoms with van der Waals surface area (Å²) in [6.07, 6.45) is 0. The summed E-state index contributed by atoms with van der Waals surface area (Å²) in [7, 11) is 1.60. The third kappa shape index (κ3) is 5.47. The van der Waals surface area contributed by atoms with Gasteiger partial charge in [-0.2, -0.15) is 5.10 Å². The molecule has 2 aromatic carbocycles. The lowest BCUT2D eigenvalue weighted by Gasteiger charge is -2.06. The fourth-order valence-electron chi connectivity index (χ4n) is 2.36. The quantitative estimate of drug-likeness (QED) is 0.218. The van der Waals surface area contributed by atoms with Crippen molar-refractivity contribution in [2.45, 2.75) is 12.1 Å². The molecule has 3 aromatic rings. The summed E-state index contributed by atoms with van der Waals surface area (Å²) in [4.78, 5) is 12.0. The van der Waals surface area contributed by atoms with Gasteiger partial charge >= 0.3 is 0 Å². The Balaban J connectivity index is 1.57. The number of benzene rings is 2. The molecular formula is C19H20FN7O2S. The highest BCUT2D eigenvalue weighted by atomic mass is 32.2. The van der Waals surface area contributed by atoms with Crippen LogP contribution >= 0.6 is 11.8 Å². The van der Waals surface area contributed by atoms with Crippen LogP contribution < -0.4 is 21.3 Å². The van der Waals surface area contributed by atoms with Gasteiger partial charge in [-0.05, 0) is 43.3 Å². The number of nitrogen functional groups attached to an aromatic ring is 1. The molecule has 1 heterocycles. The van der Waals surface area contributed by atoms with Crippen molar-refractivity contribution in [2.75, 3.05) is 29.4 Å². The second kappa shape index (κ2) is 9.74. The number of nitrogens with two attached hydrogens (primary N) is 1. The number of hydrogen-bond acceptors (Lipinski definition) is 8. The first-order valence-corrected chi connectivity index (χ1v) is 9.78. The van der Waals surface area contributed by atoms with Crippen LogP contribution in [0.2, 0.25) is 0 Å². The van der Waals surface area contributed by atoms with Gasteiger partial charge in [0.2, 0.25) is 11.1 Å². The van der Waals surface area contributed by atoms with Crippen LogP contribution in [0.3, 0.4) is 0 Å². The average molecular weight is 429 g/mol. The Bertz CT molecular complexity index is 1050. The highest BCUT2D eigenvalue weighted by molar-refractivity contribution is 7.99. The fraction of sp³-hybridized carbons (Fsp3) is 0.158. The lowest BCUT2D eigenvalue weighted by Crippen LogP contribution is -2.17. The van der Waals surface area contributed by atoms with Crippen molar-refractivity contribution in [3.63, 3.8) is 0 Å². The Morgan fingerprint density at radius 1 is 1.27 bits per heavy atom. The Labute approximate surface area is 176 Å². The van der Waals surface area contributed by atoms with Gasteiger partial charge in [0.1, 0.15) is 11.6 Å². The molecule has 0 radical (unpaired) electrons. The van der Waals surface area contributed by atoms with E-state index in [9.17, 15) is 9.18 Å². The summed E-state index contributed by atoms with van der Waals surface area (Å²) < 4.78 is 19.3. The van der Waals surface area contributed by atoms with Gasteiger partial charge in [-0.3, -0.25) is 4.79 Å². The van der Waals surface area contributed by atoms with E-state index in [1.165, 1.54) is 28.9 Å². The molecule has 0 aliphatic carbocycles. The van der Waals surface area contributed by atoms with Crippen LogP contribution in [0.25, 0.3) is 0 Å². The van der Waals surface area contributed by atoms with Crippen molar-refractivity contribution in [3.05, 3.63) is 59.9 Å². The van der Waals surface area contributed by atoms with Crippen LogP contribution in [0.1, 0.15) is 12.5 Å². The summed E-state index contributed by atoms with van der Waals surface area (Å²) in [5.74, 6) is 6.32. The van der Waals surface area contributed by atoms with Crippen molar-refractivity contribution in [2.24, 2.45) is 5.10 Å². The molecule has 0 aliphatic rings. The first kappa shape index (κ1) is 21.1. The second-order valence-corrected chi connectivity index (χ2v) is 7.00. The number of halogens is 1. The monoisotopic (exact) mass is 429 g/mol. The summed E-state index contributed by atoms with van der Waals surface area (Å²) in [5, 5.41) is 15.1. The maximum Gasteiger partial charge on any atom is 0.264 e. The van der Waals surface area contributed by atoms with E-state index >= 15 is 0 Å². The van der Waals surface area contributed by atoms with E-state index in [-0.39, 0.29) is 23.4 Å². The van der Waals surface area contributed by atoms with E-state index in [2.05, 4.69) is 26.0 Å². The molecule has 0 atom stereocenters. The molecule has 0 fully saturated rings. The minimum absolute atomic E-state index is 0.0544. The molecule has 0 aliphatic heterocycles. The molecule has 3 rings (SSSR count). The van der Waals surface area contributed by atoms with Crippen molar-refractivity contribution in [1.29, 1.82) is 0 Å². The molecule has 30 heavy (non-hydrogen) atoms. The summed E-state index contributed by atoms with van der Waals surface area (Å²) in [6.45, 7) is 1.83. The first-order chi connectivity index (χ1) is 14.5. The van der Waals surface area contributed by atoms with Gasteiger partial charge in [0.05, 0.1) is 18.6 Å². The van der Waals surface area contributed by atoms with Crippen LogP contribution in [0.4, 0.5) is 16.0 Å². The van der Waals surface area contributed by atoms with E-state index in [0.717, 1.165) is 23.1 Å². The summed E-state index contributed by atoms with van der Waals surface area (Å²) >= 11 is 1.11. The number of amides is 1. The van der Waals surface area contributed by atoms with E-state index in [0.29, 0.717) is 16.6 Å². The van der Waals surface area contributed by atoms with Crippen LogP contribution in [0, 0.1) is 5.82 Å². The van der Waals surface area contributed by atoms with Gasteiger partial charge in [0, 0.05) is 11.3 Å². The van der Waals surface area contributed by atoms with E-state index in [1.54, 1.807) is 7.11 Å². The molecule has 11 heteroatoms. The molecule has 1 amide bonds. The molecule has 9 nitrogen and oxygen atoms in total. The third-order valence-electron chi connectivity index (χ3n) is 3.94. The third-order valence-corrected chi connectivity index (χ3v) is 4.88. The first-order valence-electron chi connectivity index (χ1n) is 8.79. The number of aromatic nitrogens is 3. The molecular weight excluding hydrogens is 409 g/mol. The number of hydrazone groups is 1. The molecule has 0 bridgehead atoms. The number of nitrogens with one attached hydrogen (secondary N) is 2. The van der Waals surface area contributed by atoms with Gasteiger partial charge in [-0.15, -0.1) is 10.2 Å². The van der Waals surface area contributed by atoms with Gasteiger partial charge in [0.25, 0.3) is 5.95 Å². The van der Waals surface area contributed by atoms with Crippen LogP contribution in [0.5, 0.6) is 5.75 Å². The lowest BCUT2D eigenvalue weighted by molar-refractivity contribution is -0.113. The van der Waals surface area contributed by atoms with Crippen molar-refractivity contribution in [1.82, 2.24) is 14.9 Å². The minimum atomic E-state index is -0.372. The standard InChI is InChI=1S/C19H20FN7O2S/c1-12(13-4-3-5-16(10-13)29-2)23-24-18-25-26-19(27(18)21)30-11-17(28)22-15-8-6-14(20)7-9-15/h3-10H,11,21H2,1-2H3,(H,22,28)(H,24,25)/b23-12+. The topological polar surface area (TPSA) is 119 Å². The molecule has 0 unspecified atom stereocenters. The highest BCUT2D eigenvalue weighted by Gasteiger charge is 2.12. The number of carbonyl (C=O) groups excluding carboxylic acids is 1. The van der Waals surface area contributed by atoms with Crippen LogP contribution in [0.15, 0.2) is 58.8 Å². The second-order valence-electron chi connectivity index (χ2n) is 6.06. The number of ether oxygens (including phenoxy) is 1. The Morgan fingerprint density at radius 3 is 2.77 bits per heavy atom.